The highest BCUT2D eigenvalue weighted by Gasteiger charge is 2.47. The summed E-state index contributed by atoms with van der Waals surface area (Å²) >= 11 is 0. The fraction of sp³-hybridized carbons (Fsp3) is 0.312. The van der Waals surface area contributed by atoms with Gasteiger partial charge in [-0.15, -0.1) is 0 Å². The van der Waals surface area contributed by atoms with Crippen LogP contribution in [-0.4, -0.2) is 64.6 Å². The molecule has 4 aromatic rings. The summed E-state index contributed by atoms with van der Waals surface area (Å²) < 4.78 is 54.5. The molecule has 1 fully saturated rings. The van der Waals surface area contributed by atoms with Crippen LogP contribution in [0.3, 0.4) is 0 Å². The van der Waals surface area contributed by atoms with Gasteiger partial charge >= 0.3 is 6.18 Å². The number of hydrogen-bond donors (Lipinski definition) is 1. The normalized spacial score (nSPS) is 20.1. The number of anilines is 1. The summed E-state index contributed by atoms with van der Waals surface area (Å²) in [6, 6.07) is 23.0. The molecule has 3 aliphatic heterocycles. The van der Waals surface area contributed by atoms with E-state index < -0.39 is 18.3 Å². The lowest BCUT2D eigenvalue weighted by Crippen LogP contribution is -2.50. The highest BCUT2D eigenvalue weighted by molar-refractivity contribution is 5.99. The van der Waals surface area contributed by atoms with Crippen LogP contribution >= 0.6 is 0 Å². The number of hydrogen-bond acceptors (Lipinski definition) is 6. The van der Waals surface area contributed by atoms with Gasteiger partial charge in [-0.05, 0) is 28.8 Å². The van der Waals surface area contributed by atoms with Crippen LogP contribution in [0.5, 0.6) is 11.5 Å². The second kappa shape index (κ2) is 11.0. The van der Waals surface area contributed by atoms with Crippen LogP contribution in [0.15, 0.2) is 85.1 Å². The Labute approximate surface area is 246 Å². The minimum Gasteiger partial charge on any atom is -0.454 e. The Balaban J connectivity index is 1.12. The van der Waals surface area contributed by atoms with Gasteiger partial charge in [0.05, 0.1) is 18.3 Å². The van der Waals surface area contributed by atoms with Crippen molar-refractivity contribution in [2.24, 2.45) is 0 Å². The second-order valence-corrected chi connectivity index (χ2v) is 11.0. The largest absolute Gasteiger partial charge is 0.454 e. The van der Waals surface area contributed by atoms with Gasteiger partial charge in [0.15, 0.2) is 17.5 Å². The van der Waals surface area contributed by atoms with E-state index >= 15 is 0 Å². The lowest BCUT2D eigenvalue weighted by molar-refractivity contribution is -0.173. The third-order valence-electron chi connectivity index (χ3n) is 8.47. The zero-order valence-electron chi connectivity index (χ0n) is 23.2. The van der Waals surface area contributed by atoms with Crippen LogP contribution in [0.4, 0.5) is 19.0 Å². The number of rotatable bonds is 5. The number of piperazine rings is 1. The summed E-state index contributed by atoms with van der Waals surface area (Å²) in [7, 11) is 0. The van der Waals surface area contributed by atoms with Crippen LogP contribution < -0.4 is 14.8 Å². The highest BCUT2D eigenvalue weighted by Crippen LogP contribution is 2.46. The quantitative estimate of drug-likeness (QED) is 0.317. The number of amides is 1. The molecule has 4 heterocycles. The van der Waals surface area contributed by atoms with Crippen molar-refractivity contribution in [2.45, 2.75) is 30.7 Å². The van der Waals surface area contributed by atoms with Gasteiger partial charge in [0.1, 0.15) is 11.4 Å². The first-order valence-corrected chi connectivity index (χ1v) is 14.3. The first kappa shape index (κ1) is 27.3. The van der Waals surface area contributed by atoms with Crippen LogP contribution in [0.2, 0.25) is 0 Å². The molecule has 1 saturated heterocycles. The Morgan fingerprint density at radius 3 is 2.19 bits per heavy atom. The zero-order chi connectivity index (χ0) is 29.6. The van der Waals surface area contributed by atoms with E-state index in [2.05, 4.69) is 39.6 Å². The number of ether oxygens (including phenoxy) is 2. The van der Waals surface area contributed by atoms with Crippen molar-refractivity contribution in [3.63, 3.8) is 0 Å². The molecule has 8 nitrogen and oxygen atoms in total. The predicted molar refractivity (Wildman–Crippen MR) is 153 cm³/mol. The molecule has 222 valence electrons. The van der Waals surface area contributed by atoms with E-state index in [4.69, 9.17) is 9.47 Å². The van der Waals surface area contributed by atoms with Gasteiger partial charge in [-0.1, -0.05) is 66.7 Å². The third kappa shape index (κ3) is 5.18. The lowest BCUT2D eigenvalue weighted by atomic mass is 9.96. The molecular weight excluding hydrogens is 559 g/mol. The van der Waals surface area contributed by atoms with Crippen molar-refractivity contribution in [2.75, 3.05) is 38.3 Å². The summed E-state index contributed by atoms with van der Waals surface area (Å²) in [5.74, 6) is 0.779. The number of carbonyl (C=O) groups excluding carboxylic acids is 1. The highest BCUT2D eigenvalue weighted by atomic mass is 19.4. The third-order valence-corrected chi connectivity index (χ3v) is 8.47. The Morgan fingerprint density at radius 1 is 0.884 bits per heavy atom. The average molecular weight is 590 g/mol. The molecule has 43 heavy (non-hydrogen) atoms. The van der Waals surface area contributed by atoms with Crippen LogP contribution in [0, 0.1) is 0 Å². The first-order chi connectivity index (χ1) is 20.9. The molecule has 0 aliphatic carbocycles. The number of fused-ring (bicyclic) bond motifs is 2. The molecule has 0 saturated carbocycles. The Morgan fingerprint density at radius 2 is 1.53 bits per heavy atom. The summed E-state index contributed by atoms with van der Waals surface area (Å²) in [4.78, 5) is 17.8. The van der Waals surface area contributed by atoms with E-state index in [9.17, 15) is 18.0 Å². The van der Waals surface area contributed by atoms with Gasteiger partial charge < -0.3 is 19.7 Å². The molecule has 3 aromatic carbocycles. The van der Waals surface area contributed by atoms with Crippen molar-refractivity contribution < 1.29 is 27.4 Å². The SMILES string of the molecule is O=C(c1cnn2c1N[C@H](c1ccc3c(c1)OCO3)C[C@H]2C(F)(F)F)N1CCN(C(c2ccccc2)c2ccccc2)CC1. The van der Waals surface area contributed by atoms with Crippen LogP contribution in [0.1, 0.15) is 51.6 Å². The number of nitrogens with zero attached hydrogens (tertiary/aromatic N) is 4. The zero-order valence-corrected chi connectivity index (χ0v) is 23.2. The molecule has 1 N–H and O–H groups in total. The Hall–Kier alpha value is -4.51. The smallest absolute Gasteiger partial charge is 0.410 e. The van der Waals surface area contributed by atoms with Gasteiger partial charge in [-0.3, -0.25) is 9.69 Å². The number of alkyl halides is 3. The van der Waals surface area contributed by atoms with Crippen molar-refractivity contribution in [1.82, 2.24) is 19.6 Å². The fourth-order valence-corrected chi connectivity index (χ4v) is 6.31. The summed E-state index contributed by atoms with van der Waals surface area (Å²) in [5.41, 5.74) is 3.08. The van der Waals surface area contributed by atoms with Crippen molar-refractivity contribution in [1.29, 1.82) is 0 Å². The van der Waals surface area contributed by atoms with E-state index in [1.54, 1.807) is 23.1 Å². The van der Waals surface area contributed by atoms with Crippen molar-refractivity contribution in [3.05, 3.63) is 107 Å². The molecule has 3 aliphatic rings. The average Bonchev–Trinajstić information content (AvgIpc) is 3.68. The number of carbonyl (C=O) groups is 1. The number of halogens is 3. The van der Waals surface area contributed by atoms with E-state index in [0.29, 0.717) is 43.2 Å². The topological polar surface area (TPSA) is 71.9 Å². The molecule has 0 radical (unpaired) electrons. The molecule has 2 atom stereocenters. The molecule has 1 aromatic heterocycles. The fourth-order valence-electron chi connectivity index (χ4n) is 6.31. The summed E-state index contributed by atoms with van der Waals surface area (Å²) in [6.07, 6.45) is -3.56. The summed E-state index contributed by atoms with van der Waals surface area (Å²) in [6.45, 7) is 2.17. The number of nitrogens with one attached hydrogen (secondary N) is 1. The molecule has 1 amide bonds. The number of aromatic nitrogens is 2. The first-order valence-electron chi connectivity index (χ1n) is 14.3. The maximum Gasteiger partial charge on any atom is 0.410 e. The Bertz CT molecular complexity index is 1560. The van der Waals surface area contributed by atoms with Crippen molar-refractivity contribution in [3.8, 4) is 11.5 Å². The van der Waals surface area contributed by atoms with Gasteiger partial charge in [0.2, 0.25) is 6.79 Å². The minimum absolute atomic E-state index is 0.0280. The lowest BCUT2D eigenvalue weighted by Gasteiger charge is -2.40. The molecule has 0 spiro atoms. The standard InChI is InChI=1S/C32H30F3N5O3/c33-32(34,35)28-18-25(23-11-12-26-27(17-23)43-20-42-26)37-30-24(19-36-40(28)30)31(41)39-15-13-38(14-16-39)29(21-7-3-1-4-8-21)22-9-5-2-6-10-22/h1-12,17,19,25,28-29,37H,13-16,18,20H2/t25-,28-/m0/s1. The molecule has 0 unspecified atom stereocenters. The van der Waals surface area contributed by atoms with Crippen molar-refractivity contribution >= 4 is 11.7 Å². The van der Waals surface area contributed by atoms with Gasteiger partial charge in [-0.2, -0.15) is 18.3 Å². The second-order valence-electron chi connectivity index (χ2n) is 11.0. The van der Waals surface area contributed by atoms with E-state index in [-0.39, 0.29) is 36.5 Å². The molecule has 0 bridgehead atoms. The molecule has 7 rings (SSSR count). The number of benzene rings is 3. The molecular formula is C32H30F3N5O3. The molecule has 11 heteroatoms. The summed E-state index contributed by atoms with van der Waals surface area (Å²) in [5, 5.41) is 7.25. The van der Waals surface area contributed by atoms with Crippen LogP contribution in [-0.2, 0) is 0 Å². The minimum atomic E-state index is -4.55. The monoisotopic (exact) mass is 589 g/mol. The van der Waals surface area contributed by atoms with E-state index in [1.165, 1.54) is 6.20 Å². The van der Waals surface area contributed by atoms with Crippen LogP contribution in [0.25, 0.3) is 0 Å². The predicted octanol–water partition coefficient (Wildman–Crippen LogP) is 5.82. The maximum atomic E-state index is 14.3. The van der Waals surface area contributed by atoms with Gasteiger partial charge in [0, 0.05) is 32.6 Å². The Kier molecular flexibility index (Phi) is 6.97. The maximum absolute atomic E-state index is 14.3. The van der Waals surface area contributed by atoms with E-state index in [1.807, 2.05) is 36.4 Å². The van der Waals surface area contributed by atoms with Gasteiger partial charge in [-0.25, -0.2) is 4.68 Å². The van der Waals surface area contributed by atoms with E-state index in [0.717, 1.165) is 15.8 Å². The van der Waals surface area contributed by atoms with Gasteiger partial charge in [0.25, 0.3) is 5.91 Å².